The van der Waals surface area contributed by atoms with Crippen LogP contribution in [0.25, 0.3) is 5.65 Å². The van der Waals surface area contributed by atoms with E-state index < -0.39 is 0 Å². The molecule has 6 nitrogen and oxygen atoms in total. The Bertz CT molecular complexity index is 826. The molecule has 21 heavy (non-hydrogen) atoms. The van der Waals surface area contributed by atoms with Crippen LogP contribution in [0, 0.1) is 0 Å². The van der Waals surface area contributed by atoms with Gasteiger partial charge in [-0.15, -0.1) is 15.3 Å². The SMILES string of the molecule is C/C(=N\Nc1ccc2nncn2n1)c1ccc(Cl)c(Cl)c1. The van der Waals surface area contributed by atoms with Gasteiger partial charge in [0.15, 0.2) is 11.5 Å². The van der Waals surface area contributed by atoms with Crippen LogP contribution in [0.5, 0.6) is 0 Å². The van der Waals surface area contributed by atoms with E-state index in [-0.39, 0.29) is 0 Å². The smallest absolute Gasteiger partial charge is 0.177 e. The second kappa shape index (κ2) is 5.67. The summed E-state index contributed by atoms with van der Waals surface area (Å²) < 4.78 is 1.56. The highest BCUT2D eigenvalue weighted by Crippen LogP contribution is 2.22. The number of aromatic nitrogens is 4. The minimum absolute atomic E-state index is 0.493. The van der Waals surface area contributed by atoms with Gasteiger partial charge in [-0.1, -0.05) is 29.3 Å². The van der Waals surface area contributed by atoms with Gasteiger partial charge in [-0.05, 0) is 36.8 Å². The van der Waals surface area contributed by atoms with Gasteiger partial charge >= 0.3 is 0 Å². The molecule has 3 rings (SSSR count). The average molecular weight is 321 g/mol. The molecular formula is C13H10Cl2N6. The van der Waals surface area contributed by atoms with Crippen LogP contribution < -0.4 is 5.43 Å². The summed E-state index contributed by atoms with van der Waals surface area (Å²) in [7, 11) is 0. The highest BCUT2D eigenvalue weighted by atomic mass is 35.5. The Morgan fingerprint density at radius 1 is 1.19 bits per heavy atom. The normalized spacial score (nSPS) is 11.9. The number of nitrogens with zero attached hydrogens (tertiary/aromatic N) is 5. The fourth-order valence-corrected chi connectivity index (χ4v) is 2.01. The van der Waals surface area contributed by atoms with Crippen LogP contribution in [0.15, 0.2) is 41.8 Å². The van der Waals surface area contributed by atoms with E-state index in [2.05, 4.69) is 25.8 Å². The molecule has 1 N–H and O–H groups in total. The van der Waals surface area contributed by atoms with E-state index in [0.717, 1.165) is 11.3 Å². The third-order valence-corrected chi connectivity index (χ3v) is 3.58. The van der Waals surface area contributed by atoms with E-state index in [0.29, 0.717) is 21.5 Å². The van der Waals surface area contributed by atoms with Crippen molar-refractivity contribution in [2.75, 3.05) is 5.43 Å². The maximum Gasteiger partial charge on any atom is 0.177 e. The van der Waals surface area contributed by atoms with Gasteiger partial charge in [0.2, 0.25) is 0 Å². The lowest BCUT2D eigenvalue weighted by Crippen LogP contribution is -2.02. The number of hydrogen-bond acceptors (Lipinski definition) is 5. The van der Waals surface area contributed by atoms with Gasteiger partial charge in [0.1, 0.15) is 6.33 Å². The van der Waals surface area contributed by atoms with Crippen molar-refractivity contribution in [3.63, 3.8) is 0 Å². The third-order valence-electron chi connectivity index (χ3n) is 2.84. The fourth-order valence-electron chi connectivity index (χ4n) is 1.71. The molecular weight excluding hydrogens is 311 g/mol. The summed E-state index contributed by atoms with van der Waals surface area (Å²) in [6.45, 7) is 1.86. The summed E-state index contributed by atoms with van der Waals surface area (Å²) in [4.78, 5) is 0. The maximum absolute atomic E-state index is 5.99. The zero-order valence-corrected chi connectivity index (χ0v) is 12.5. The summed E-state index contributed by atoms with van der Waals surface area (Å²) in [5, 5.41) is 17.2. The summed E-state index contributed by atoms with van der Waals surface area (Å²) in [6.07, 6.45) is 1.52. The van der Waals surface area contributed by atoms with E-state index in [9.17, 15) is 0 Å². The Morgan fingerprint density at radius 3 is 2.86 bits per heavy atom. The van der Waals surface area contributed by atoms with Crippen molar-refractivity contribution in [2.45, 2.75) is 6.92 Å². The summed E-state index contributed by atoms with van der Waals surface area (Å²) in [5.41, 5.74) is 5.20. The molecule has 3 aromatic rings. The molecule has 0 saturated heterocycles. The van der Waals surface area contributed by atoms with E-state index >= 15 is 0 Å². The minimum atomic E-state index is 0.493. The van der Waals surface area contributed by atoms with Crippen molar-refractivity contribution in [3.8, 4) is 0 Å². The highest BCUT2D eigenvalue weighted by Gasteiger charge is 2.03. The first-order chi connectivity index (χ1) is 10.1. The first-order valence-corrected chi connectivity index (χ1v) is 6.82. The van der Waals surface area contributed by atoms with Crippen molar-refractivity contribution in [3.05, 3.63) is 52.3 Å². The summed E-state index contributed by atoms with van der Waals surface area (Å²) in [5.74, 6) is 0.585. The number of nitrogens with one attached hydrogen (secondary N) is 1. The maximum atomic E-state index is 5.99. The highest BCUT2D eigenvalue weighted by molar-refractivity contribution is 6.42. The second-order valence-electron chi connectivity index (χ2n) is 4.29. The van der Waals surface area contributed by atoms with E-state index in [1.54, 1.807) is 28.8 Å². The standard InChI is InChI=1S/C13H10Cl2N6/c1-8(9-2-3-10(14)11(15)6-9)17-18-12-4-5-13-19-16-7-21(13)20-12/h2-7H,1H3,(H,18,20)/b17-8+. The molecule has 0 fully saturated rings. The topological polar surface area (TPSA) is 67.5 Å². The number of hydrazone groups is 1. The molecule has 0 radical (unpaired) electrons. The van der Waals surface area contributed by atoms with Crippen LogP contribution in [0.1, 0.15) is 12.5 Å². The lowest BCUT2D eigenvalue weighted by Gasteiger charge is -2.04. The molecule has 106 valence electrons. The van der Waals surface area contributed by atoms with Crippen molar-refractivity contribution in [2.24, 2.45) is 5.10 Å². The molecule has 0 aliphatic carbocycles. The monoisotopic (exact) mass is 320 g/mol. The molecule has 2 aromatic heterocycles. The Morgan fingerprint density at radius 2 is 2.05 bits per heavy atom. The number of hydrogen-bond donors (Lipinski definition) is 1. The second-order valence-corrected chi connectivity index (χ2v) is 5.10. The Labute approximate surface area is 130 Å². The van der Waals surface area contributed by atoms with Crippen molar-refractivity contribution < 1.29 is 0 Å². The van der Waals surface area contributed by atoms with Crippen molar-refractivity contribution in [1.29, 1.82) is 0 Å². The van der Waals surface area contributed by atoms with Gasteiger partial charge in [-0.25, -0.2) is 0 Å². The summed E-state index contributed by atoms with van der Waals surface area (Å²) in [6, 6.07) is 8.92. The van der Waals surface area contributed by atoms with E-state index in [1.165, 1.54) is 6.33 Å². The first kappa shape index (κ1) is 13.8. The van der Waals surface area contributed by atoms with E-state index in [4.69, 9.17) is 23.2 Å². The lowest BCUT2D eigenvalue weighted by molar-refractivity contribution is 0.924. The third kappa shape index (κ3) is 2.96. The quantitative estimate of drug-likeness (QED) is 0.594. The van der Waals surface area contributed by atoms with Gasteiger partial charge < -0.3 is 0 Å². The van der Waals surface area contributed by atoms with Crippen LogP contribution in [-0.4, -0.2) is 25.5 Å². The largest absolute Gasteiger partial charge is 0.260 e. The van der Waals surface area contributed by atoms with Crippen LogP contribution in [0.2, 0.25) is 10.0 Å². The molecule has 0 spiro atoms. The minimum Gasteiger partial charge on any atom is -0.260 e. The molecule has 0 amide bonds. The number of halogens is 2. The summed E-state index contributed by atoms with van der Waals surface area (Å²) >= 11 is 11.9. The Balaban J connectivity index is 1.82. The van der Waals surface area contributed by atoms with E-state index in [1.807, 2.05) is 13.0 Å². The molecule has 0 aliphatic rings. The molecule has 0 unspecified atom stereocenters. The molecule has 0 aliphatic heterocycles. The first-order valence-electron chi connectivity index (χ1n) is 6.06. The van der Waals surface area contributed by atoms with Gasteiger partial charge in [0.25, 0.3) is 0 Å². The van der Waals surface area contributed by atoms with Gasteiger partial charge in [0, 0.05) is 0 Å². The van der Waals surface area contributed by atoms with Gasteiger partial charge in [-0.3, -0.25) is 5.43 Å². The van der Waals surface area contributed by atoms with Crippen LogP contribution in [-0.2, 0) is 0 Å². The molecule has 2 heterocycles. The number of anilines is 1. The predicted molar refractivity (Wildman–Crippen MR) is 83.1 cm³/mol. The Kier molecular flexibility index (Phi) is 3.72. The van der Waals surface area contributed by atoms with Gasteiger partial charge in [0.05, 0.1) is 15.8 Å². The number of fused-ring (bicyclic) bond motifs is 1. The number of benzene rings is 1. The molecule has 0 saturated carbocycles. The van der Waals surface area contributed by atoms with Crippen molar-refractivity contribution in [1.82, 2.24) is 19.8 Å². The molecule has 8 heteroatoms. The average Bonchev–Trinajstić information content (AvgIpc) is 2.95. The predicted octanol–water partition coefficient (Wildman–Crippen LogP) is 3.27. The van der Waals surface area contributed by atoms with Crippen molar-refractivity contribution >= 4 is 40.4 Å². The molecule has 0 bridgehead atoms. The zero-order valence-electron chi connectivity index (χ0n) is 11.0. The lowest BCUT2D eigenvalue weighted by atomic mass is 10.1. The zero-order chi connectivity index (χ0) is 14.8. The molecule has 0 atom stereocenters. The van der Waals surface area contributed by atoms with Crippen LogP contribution in [0.3, 0.4) is 0 Å². The number of rotatable bonds is 3. The Hall–Kier alpha value is -2.18. The van der Waals surface area contributed by atoms with Crippen LogP contribution in [0.4, 0.5) is 5.82 Å². The molecule has 1 aromatic carbocycles. The van der Waals surface area contributed by atoms with Gasteiger partial charge in [-0.2, -0.15) is 9.62 Å². The fraction of sp³-hybridized carbons (Fsp3) is 0.0769. The van der Waals surface area contributed by atoms with Crippen LogP contribution >= 0.6 is 23.2 Å².